The van der Waals surface area contributed by atoms with Crippen LogP contribution in [-0.2, 0) is 6.42 Å². The van der Waals surface area contributed by atoms with Crippen molar-refractivity contribution in [2.75, 3.05) is 0 Å². The Bertz CT molecular complexity index is 521. The van der Waals surface area contributed by atoms with E-state index in [2.05, 4.69) is 56.9 Å². The van der Waals surface area contributed by atoms with E-state index in [0.717, 1.165) is 12.1 Å². The summed E-state index contributed by atoms with van der Waals surface area (Å²) in [7, 11) is 0. The van der Waals surface area contributed by atoms with Gasteiger partial charge in [0, 0.05) is 11.8 Å². The van der Waals surface area contributed by atoms with Crippen molar-refractivity contribution in [3.8, 4) is 11.3 Å². The molecule has 0 amide bonds. The highest BCUT2D eigenvalue weighted by molar-refractivity contribution is 5.63. The zero-order chi connectivity index (χ0) is 13.2. The Hall–Kier alpha value is -1.63. The second-order valence-electron chi connectivity index (χ2n) is 6.10. The van der Waals surface area contributed by atoms with E-state index in [4.69, 9.17) is 0 Å². The standard InChI is InChI=1S/C17H21N/c1-13-11-14(12-17(2,3)4)8-9-15(13)16-7-5-6-10-18-16/h5-11H,12H2,1-4H3. The summed E-state index contributed by atoms with van der Waals surface area (Å²) in [6.45, 7) is 8.98. The second kappa shape index (κ2) is 4.93. The van der Waals surface area contributed by atoms with Crippen molar-refractivity contribution in [1.82, 2.24) is 4.98 Å². The molecule has 0 fully saturated rings. The van der Waals surface area contributed by atoms with Gasteiger partial charge in [0.2, 0.25) is 0 Å². The lowest BCUT2D eigenvalue weighted by molar-refractivity contribution is 0.411. The summed E-state index contributed by atoms with van der Waals surface area (Å²) < 4.78 is 0. The van der Waals surface area contributed by atoms with E-state index in [-0.39, 0.29) is 0 Å². The molecule has 0 aliphatic rings. The first kappa shape index (κ1) is 12.8. The van der Waals surface area contributed by atoms with E-state index in [1.54, 1.807) is 0 Å². The molecule has 0 unspecified atom stereocenters. The van der Waals surface area contributed by atoms with Crippen LogP contribution in [-0.4, -0.2) is 4.98 Å². The average Bonchev–Trinajstić information content (AvgIpc) is 2.28. The van der Waals surface area contributed by atoms with Gasteiger partial charge in [0.05, 0.1) is 5.69 Å². The van der Waals surface area contributed by atoms with Crippen LogP contribution in [0.5, 0.6) is 0 Å². The molecule has 94 valence electrons. The molecule has 1 aromatic heterocycles. The molecule has 0 saturated heterocycles. The van der Waals surface area contributed by atoms with Crippen molar-refractivity contribution in [1.29, 1.82) is 0 Å². The van der Waals surface area contributed by atoms with Gasteiger partial charge in [-0.05, 0) is 42.0 Å². The van der Waals surface area contributed by atoms with E-state index in [9.17, 15) is 0 Å². The Labute approximate surface area is 110 Å². The molecule has 0 bridgehead atoms. The quantitative estimate of drug-likeness (QED) is 0.743. The maximum Gasteiger partial charge on any atom is 0.0704 e. The van der Waals surface area contributed by atoms with Gasteiger partial charge < -0.3 is 0 Å². The van der Waals surface area contributed by atoms with Gasteiger partial charge in [-0.3, -0.25) is 4.98 Å². The predicted molar refractivity (Wildman–Crippen MR) is 77.6 cm³/mol. The second-order valence-corrected chi connectivity index (χ2v) is 6.10. The SMILES string of the molecule is Cc1cc(CC(C)(C)C)ccc1-c1ccccn1. The summed E-state index contributed by atoms with van der Waals surface area (Å²) in [6.07, 6.45) is 2.95. The summed E-state index contributed by atoms with van der Waals surface area (Å²) in [4.78, 5) is 4.41. The molecule has 2 rings (SSSR count). The van der Waals surface area contributed by atoms with Crippen LogP contribution in [0, 0.1) is 12.3 Å². The van der Waals surface area contributed by atoms with Gasteiger partial charge in [0.25, 0.3) is 0 Å². The molecule has 18 heavy (non-hydrogen) atoms. The minimum absolute atomic E-state index is 0.332. The highest BCUT2D eigenvalue weighted by Crippen LogP contribution is 2.26. The Morgan fingerprint density at radius 3 is 2.39 bits per heavy atom. The molecule has 0 spiro atoms. The Balaban J connectivity index is 2.32. The summed E-state index contributed by atoms with van der Waals surface area (Å²) in [5.74, 6) is 0. The lowest BCUT2D eigenvalue weighted by Gasteiger charge is -2.19. The third-order valence-electron chi connectivity index (χ3n) is 2.97. The predicted octanol–water partition coefficient (Wildman–Crippen LogP) is 4.65. The van der Waals surface area contributed by atoms with Gasteiger partial charge in [-0.15, -0.1) is 0 Å². The van der Waals surface area contributed by atoms with E-state index in [1.807, 2.05) is 18.3 Å². The van der Waals surface area contributed by atoms with Crippen LogP contribution < -0.4 is 0 Å². The molecule has 0 radical (unpaired) electrons. The van der Waals surface area contributed by atoms with Crippen molar-refractivity contribution in [3.63, 3.8) is 0 Å². The molecular weight excluding hydrogens is 218 g/mol. The molecule has 0 aliphatic carbocycles. The van der Waals surface area contributed by atoms with Gasteiger partial charge in [0.1, 0.15) is 0 Å². The van der Waals surface area contributed by atoms with Gasteiger partial charge >= 0.3 is 0 Å². The number of rotatable bonds is 2. The van der Waals surface area contributed by atoms with E-state index in [0.29, 0.717) is 5.41 Å². The van der Waals surface area contributed by atoms with Crippen molar-refractivity contribution in [3.05, 3.63) is 53.7 Å². The monoisotopic (exact) mass is 239 g/mol. The summed E-state index contributed by atoms with van der Waals surface area (Å²) in [5.41, 5.74) is 5.32. The minimum atomic E-state index is 0.332. The van der Waals surface area contributed by atoms with Crippen LogP contribution in [0.1, 0.15) is 31.9 Å². The van der Waals surface area contributed by atoms with Crippen molar-refractivity contribution >= 4 is 0 Å². The first-order chi connectivity index (χ1) is 8.46. The smallest absolute Gasteiger partial charge is 0.0704 e. The molecule has 0 aliphatic heterocycles. The zero-order valence-corrected chi connectivity index (χ0v) is 11.7. The normalized spacial score (nSPS) is 11.6. The van der Waals surface area contributed by atoms with E-state index >= 15 is 0 Å². The molecule has 0 atom stereocenters. The van der Waals surface area contributed by atoms with Gasteiger partial charge in [-0.25, -0.2) is 0 Å². The number of aromatic nitrogens is 1. The Morgan fingerprint density at radius 1 is 1.06 bits per heavy atom. The van der Waals surface area contributed by atoms with Crippen LogP contribution in [0.25, 0.3) is 11.3 Å². The van der Waals surface area contributed by atoms with Gasteiger partial charge in [0.15, 0.2) is 0 Å². The first-order valence-corrected chi connectivity index (χ1v) is 6.47. The average molecular weight is 239 g/mol. The molecule has 1 heterocycles. The maximum atomic E-state index is 4.41. The highest BCUT2D eigenvalue weighted by Gasteiger charge is 2.12. The molecule has 1 heteroatoms. The molecule has 0 N–H and O–H groups in total. The third-order valence-corrected chi connectivity index (χ3v) is 2.97. The fourth-order valence-corrected chi connectivity index (χ4v) is 2.26. The lowest BCUT2D eigenvalue weighted by atomic mass is 9.87. The summed E-state index contributed by atoms with van der Waals surface area (Å²) >= 11 is 0. The van der Waals surface area contributed by atoms with Crippen LogP contribution in [0.3, 0.4) is 0 Å². The fraction of sp³-hybridized carbons (Fsp3) is 0.353. The third kappa shape index (κ3) is 3.19. The highest BCUT2D eigenvalue weighted by atomic mass is 14.7. The molecule has 0 saturated carbocycles. The molecule has 1 aromatic carbocycles. The number of hydrogen-bond donors (Lipinski definition) is 0. The van der Waals surface area contributed by atoms with Crippen LogP contribution >= 0.6 is 0 Å². The molecule has 2 aromatic rings. The van der Waals surface area contributed by atoms with Crippen LogP contribution in [0.4, 0.5) is 0 Å². The minimum Gasteiger partial charge on any atom is -0.256 e. The number of aryl methyl sites for hydroxylation is 1. The molecule has 1 nitrogen and oxygen atoms in total. The van der Waals surface area contributed by atoms with Gasteiger partial charge in [-0.2, -0.15) is 0 Å². The van der Waals surface area contributed by atoms with Crippen LogP contribution in [0.15, 0.2) is 42.6 Å². The maximum absolute atomic E-state index is 4.41. The largest absolute Gasteiger partial charge is 0.256 e. The fourth-order valence-electron chi connectivity index (χ4n) is 2.26. The van der Waals surface area contributed by atoms with Crippen LogP contribution in [0.2, 0.25) is 0 Å². The van der Waals surface area contributed by atoms with Crippen molar-refractivity contribution in [2.45, 2.75) is 34.1 Å². The lowest BCUT2D eigenvalue weighted by Crippen LogP contribution is -2.09. The summed E-state index contributed by atoms with van der Waals surface area (Å²) in [5, 5.41) is 0. The topological polar surface area (TPSA) is 12.9 Å². The number of nitrogens with zero attached hydrogens (tertiary/aromatic N) is 1. The summed E-state index contributed by atoms with van der Waals surface area (Å²) in [6, 6.07) is 12.7. The van der Waals surface area contributed by atoms with E-state index < -0.39 is 0 Å². The number of hydrogen-bond acceptors (Lipinski definition) is 1. The first-order valence-electron chi connectivity index (χ1n) is 6.47. The number of benzene rings is 1. The van der Waals surface area contributed by atoms with Crippen molar-refractivity contribution < 1.29 is 0 Å². The zero-order valence-electron chi connectivity index (χ0n) is 11.7. The number of pyridine rings is 1. The Morgan fingerprint density at radius 2 is 1.83 bits per heavy atom. The van der Waals surface area contributed by atoms with Crippen molar-refractivity contribution in [2.24, 2.45) is 5.41 Å². The van der Waals surface area contributed by atoms with Gasteiger partial charge in [-0.1, -0.05) is 45.0 Å². The van der Waals surface area contributed by atoms with E-state index in [1.165, 1.54) is 16.7 Å². The Kier molecular flexibility index (Phi) is 3.51. The molecular formula is C17H21N.